The van der Waals surface area contributed by atoms with Crippen molar-refractivity contribution in [1.82, 2.24) is 9.97 Å². The number of halogens is 1. The van der Waals surface area contributed by atoms with Crippen LogP contribution in [0.4, 0.5) is 5.82 Å². The first kappa shape index (κ1) is 14.7. The standard InChI is InChI=1S/C16H12ClN3OS/c1-10-5-4-8-18-14(10)20-15(21)13-9-22-16(19-13)11-6-2-3-7-12(11)17/h2-9H,1H3,(H,18,20,21). The van der Waals surface area contributed by atoms with Gasteiger partial charge < -0.3 is 5.32 Å². The number of hydrogen-bond acceptors (Lipinski definition) is 4. The number of nitrogens with zero attached hydrogens (tertiary/aromatic N) is 2. The Hall–Kier alpha value is -2.24. The van der Waals surface area contributed by atoms with Crippen LogP contribution in [-0.2, 0) is 0 Å². The van der Waals surface area contributed by atoms with E-state index in [1.54, 1.807) is 17.6 Å². The van der Waals surface area contributed by atoms with Crippen LogP contribution in [0.15, 0.2) is 48.0 Å². The fourth-order valence-electron chi connectivity index (χ4n) is 1.92. The van der Waals surface area contributed by atoms with Gasteiger partial charge in [0, 0.05) is 17.1 Å². The number of anilines is 1. The minimum Gasteiger partial charge on any atom is -0.305 e. The van der Waals surface area contributed by atoms with Crippen molar-refractivity contribution < 1.29 is 4.79 Å². The zero-order valence-electron chi connectivity index (χ0n) is 11.7. The molecule has 0 aliphatic rings. The van der Waals surface area contributed by atoms with Crippen LogP contribution in [-0.4, -0.2) is 15.9 Å². The first-order valence-corrected chi connectivity index (χ1v) is 7.84. The Balaban J connectivity index is 1.84. The third-order valence-electron chi connectivity index (χ3n) is 3.08. The molecule has 110 valence electrons. The molecule has 2 heterocycles. The predicted molar refractivity (Wildman–Crippen MR) is 89.5 cm³/mol. The lowest BCUT2D eigenvalue weighted by molar-refractivity contribution is 0.102. The zero-order valence-corrected chi connectivity index (χ0v) is 13.3. The molecule has 22 heavy (non-hydrogen) atoms. The van der Waals surface area contributed by atoms with Crippen LogP contribution < -0.4 is 5.32 Å². The lowest BCUT2D eigenvalue weighted by atomic mass is 10.2. The minimum absolute atomic E-state index is 0.281. The molecule has 0 saturated heterocycles. The van der Waals surface area contributed by atoms with Crippen LogP contribution in [0, 0.1) is 6.92 Å². The number of aromatic nitrogens is 2. The number of amides is 1. The summed E-state index contributed by atoms with van der Waals surface area (Å²) < 4.78 is 0. The second-order valence-electron chi connectivity index (χ2n) is 4.64. The Kier molecular flexibility index (Phi) is 4.18. The van der Waals surface area contributed by atoms with E-state index in [2.05, 4.69) is 15.3 Å². The molecule has 0 aliphatic carbocycles. The highest BCUT2D eigenvalue weighted by Gasteiger charge is 2.14. The maximum atomic E-state index is 12.3. The van der Waals surface area contributed by atoms with E-state index in [-0.39, 0.29) is 5.91 Å². The van der Waals surface area contributed by atoms with Gasteiger partial charge in [-0.1, -0.05) is 35.9 Å². The van der Waals surface area contributed by atoms with E-state index < -0.39 is 0 Å². The maximum absolute atomic E-state index is 12.3. The smallest absolute Gasteiger partial charge is 0.276 e. The second kappa shape index (κ2) is 6.25. The number of thiazole rings is 1. The summed E-state index contributed by atoms with van der Waals surface area (Å²) >= 11 is 7.54. The number of benzene rings is 1. The normalized spacial score (nSPS) is 10.5. The van der Waals surface area contributed by atoms with Gasteiger partial charge in [0.05, 0.1) is 5.02 Å². The van der Waals surface area contributed by atoms with Crippen molar-refractivity contribution in [3.63, 3.8) is 0 Å². The topological polar surface area (TPSA) is 54.9 Å². The van der Waals surface area contributed by atoms with Crippen molar-refractivity contribution in [3.05, 3.63) is 64.3 Å². The molecule has 0 radical (unpaired) electrons. The predicted octanol–water partition coefficient (Wildman–Crippen LogP) is 4.42. The third-order valence-corrected chi connectivity index (χ3v) is 4.29. The second-order valence-corrected chi connectivity index (χ2v) is 5.91. The van der Waals surface area contributed by atoms with Crippen LogP contribution >= 0.6 is 22.9 Å². The van der Waals surface area contributed by atoms with Gasteiger partial charge in [-0.05, 0) is 24.6 Å². The molecule has 0 atom stereocenters. The van der Waals surface area contributed by atoms with E-state index in [1.807, 2.05) is 37.3 Å². The highest BCUT2D eigenvalue weighted by Crippen LogP contribution is 2.30. The molecule has 3 rings (SSSR count). The fourth-order valence-corrected chi connectivity index (χ4v) is 3.04. The van der Waals surface area contributed by atoms with E-state index in [0.717, 1.165) is 11.1 Å². The van der Waals surface area contributed by atoms with E-state index in [9.17, 15) is 4.79 Å². The van der Waals surface area contributed by atoms with Crippen molar-refractivity contribution in [2.24, 2.45) is 0 Å². The first-order valence-electron chi connectivity index (χ1n) is 6.58. The number of pyridine rings is 1. The van der Waals surface area contributed by atoms with Gasteiger partial charge in [-0.2, -0.15) is 0 Å². The molecule has 0 aliphatic heterocycles. The fraction of sp³-hybridized carbons (Fsp3) is 0.0625. The summed E-state index contributed by atoms with van der Waals surface area (Å²) in [5, 5.41) is 5.81. The van der Waals surface area contributed by atoms with Crippen molar-refractivity contribution in [1.29, 1.82) is 0 Å². The van der Waals surface area contributed by atoms with Crippen molar-refractivity contribution in [2.75, 3.05) is 5.32 Å². The Morgan fingerprint density at radius 1 is 1.23 bits per heavy atom. The van der Waals surface area contributed by atoms with Crippen LogP contribution in [0.1, 0.15) is 16.1 Å². The summed E-state index contributed by atoms with van der Waals surface area (Å²) in [5.74, 6) is 0.260. The molecule has 1 amide bonds. The molecule has 0 spiro atoms. The van der Waals surface area contributed by atoms with E-state index in [1.165, 1.54) is 11.3 Å². The van der Waals surface area contributed by atoms with Crippen molar-refractivity contribution in [3.8, 4) is 10.6 Å². The van der Waals surface area contributed by atoms with Gasteiger partial charge in [-0.15, -0.1) is 11.3 Å². The van der Waals surface area contributed by atoms with Gasteiger partial charge in [-0.3, -0.25) is 4.79 Å². The van der Waals surface area contributed by atoms with Crippen LogP contribution in [0.25, 0.3) is 10.6 Å². The summed E-state index contributed by atoms with van der Waals surface area (Å²) in [5.41, 5.74) is 2.07. The average molecular weight is 330 g/mol. The first-order chi connectivity index (χ1) is 10.6. The number of carbonyl (C=O) groups is 1. The summed E-state index contributed by atoms with van der Waals surface area (Å²) in [7, 11) is 0. The molecule has 4 nitrogen and oxygen atoms in total. The Morgan fingerprint density at radius 3 is 2.82 bits per heavy atom. The highest BCUT2D eigenvalue weighted by atomic mass is 35.5. The van der Waals surface area contributed by atoms with Gasteiger partial charge in [0.15, 0.2) is 0 Å². The highest BCUT2D eigenvalue weighted by molar-refractivity contribution is 7.13. The quantitative estimate of drug-likeness (QED) is 0.774. The molecule has 3 aromatic rings. The monoisotopic (exact) mass is 329 g/mol. The lowest BCUT2D eigenvalue weighted by Crippen LogP contribution is -2.14. The number of aryl methyl sites for hydroxylation is 1. The zero-order chi connectivity index (χ0) is 15.5. The number of rotatable bonds is 3. The SMILES string of the molecule is Cc1cccnc1NC(=O)c1csc(-c2ccccc2Cl)n1. The average Bonchev–Trinajstić information content (AvgIpc) is 3.00. The third kappa shape index (κ3) is 3.00. The molecule has 6 heteroatoms. The van der Waals surface area contributed by atoms with Crippen LogP contribution in [0.2, 0.25) is 5.02 Å². The van der Waals surface area contributed by atoms with Gasteiger partial charge in [0.25, 0.3) is 5.91 Å². The summed E-state index contributed by atoms with van der Waals surface area (Å²) in [6, 6.07) is 11.1. The van der Waals surface area contributed by atoms with Crippen molar-refractivity contribution in [2.45, 2.75) is 6.92 Å². The Bertz CT molecular complexity index is 832. The van der Waals surface area contributed by atoms with Gasteiger partial charge >= 0.3 is 0 Å². The molecule has 2 aromatic heterocycles. The van der Waals surface area contributed by atoms with E-state index in [0.29, 0.717) is 21.5 Å². The summed E-state index contributed by atoms with van der Waals surface area (Å²) in [6.45, 7) is 1.89. The molecule has 0 bridgehead atoms. The minimum atomic E-state index is -0.281. The molecule has 0 fully saturated rings. The number of nitrogens with one attached hydrogen (secondary N) is 1. The number of hydrogen-bond donors (Lipinski definition) is 1. The van der Waals surface area contributed by atoms with Crippen molar-refractivity contribution >= 4 is 34.7 Å². The van der Waals surface area contributed by atoms with Gasteiger partial charge in [0.2, 0.25) is 0 Å². The Labute approximate surface area is 136 Å². The van der Waals surface area contributed by atoms with E-state index >= 15 is 0 Å². The molecule has 1 aromatic carbocycles. The summed E-state index contributed by atoms with van der Waals surface area (Å²) in [4.78, 5) is 20.8. The lowest BCUT2D eigenvalue weighted by Gasteiger charge is -2.04. The van der Waals surface area contributed by atoms with Gasteiger partial charge in [0.1, 0.15) is 16.5 Å². The molecule has 0 saturated carbocycles. The number of carbonyl (C=O) groups excluding carboxylic acids is 1. The summed E-state index contributed by atoms with van der Waals surface area (Å²) in [6.07, 6.45) is 1.64. The molecular weight excluding hydrogens is 318 g/mol. The molecule has 1 N–H and O–H groups in total. The molecule has 0 unspecified atom stereocenters. The maximum Gasteiger partial charge on any atom is 0.276 e. The van der Waals surface area contributed by atoms with Gasteiger partial charge in [-0.25, -0.2) is 9.97 Å². The largest absolute Gasteiger partial charge is 0.305 e. The Morgan fingerprint density at radius 2 is 2.05 bits per heavy atom. The molecular formula is C16H12ClN3OS. The van der Waals surface area contributed by atoms with E-state index in [4.69, 9.17) is 11.6 Å². The van der Waals surface area contributed by atoms with Crippen LogP contribution in [0.3, 0.4) is 0 Å². The van der Waals surface area contributed by atoms with Crippen LogP contribution in [0.5, 0.6) is 0 Å².